The first kappa shape index (κ1) is 25.9. The molecular formula is C24H29F3N10O. The molecule has 1 saturated heterocycles. The van der Waals surface area contributed by atoms with Crippen LogP contribution in [0.2, 0.25) is 0 Å². The highest BCUT2D eigenvalue weighted by Crippen LogP contribution is 2.29. The Morgan fingerprint density at radius 1 is 1.13 bits per heavy atom. The van der Waals surface area contributed by atoms with Crippen molar-refractivity contribution < 1.29 is 18.3 Å². The zero-order valence-corrected chi connectivity index (χ0v) is 21.0. The van der Waals surface area contributed by atoms with Crippen molar-refractivity contribution in [1.82, 2.24) is 39.7 Å². The number of nitrogens with one attached hydrogen (secondary N) is 3. The van der Waals surface area contributed by atoms with E-state index in [9.17, 15) is 18.3 Å². The van der Waals surface area contributed by atoms with Crippen LogP contribution in [-0.4, -0.2) is 71.6 Å². The summed E-state index contributed by atoms with van der Waals surface area (Å²) in [6.07, 6.45) is 3.66. The van der Waals surface area contributed by atoms with Crippen molar-refractivity contribution in [3.8, 4) is 0 Å². The van der Waals surface area contributed by atoms with Gasteiger partial charge in [0, 0.05) is 65.5 Å². The molecule has 1 atom stereocenters. The van der Waals surface area contributed by atoms with Crippen LogP contribution in [0.5, 0.6) is 0 Å². The molecular weight excluding hydrogens is 501 g/mol. The summed E-state index contributed by atoms with van der Waals surface area (Å²) < 4.78 is 44.5. The van der Waals surface area contributed by atoms with Gasteiger partial charge in [-0.15, -0.1) is 0 Å². The van der Waals surface area contributed by atoms with Gasteiger partial charge in [-0.1, -0.05) is 6.07 Å². The third kappa shape index (κ3) is 5.87. The topological polar surface area (TPSA) is 121 Å². The summed E-state index contributed by atoms with van der Waals surface area (Å²) in [5.41, 5.74) is 1.83. The van der Waals surface area contributed by atoms with Crippen LogP contribution in [0.3, 0.4) is 0 Å². The summed E-state index contributed by atoms with van der Waals surface area (Å²) in [4.78, 5) is 10.8. The zero-order valence-electron chi connectivity index (χ0n) is 21.0. The molecule has 4 aromatic rings. The smallest absolute Gasteiger partial charge is 0.250 e. The Labute approximate surface area is 216 Å². The first-order chi connectivity index (χ1) is 18.2. The lowest BCUT2D eigenvalue weighted by Gasteiger charge is -2.31. The lowest BCUT2D eigenvalue weighted by atomic mass is 10.1. The molecule has 1 aliphatic rings. The summed E-state index contributed by atoms with van der Waals surface area (Å²) in [5.74, 6) is -2.40. The number of alkyl halides is 2. The first-order valence-corrected chi connectivity index (χ1v) is 12.2. The number of likely N-dealkylation sites (tertiary alicyclic amines) is 1. The summed E-state index contributed by atoms with van der Waals surface area (Å²) in [5, 5.41) is 28.7. The lowest BCUT2D eigenvalue weighted by Crippen LogP contribution is -2.42. The van der Waals surface area contributed by atoms with Gasteiger partial charge in [0.15, 0.2) is 11.5 Å². The van der Waals surface area contributed by atoms with Gasteiger partial charge < -0.3 is 20.6 Å². The predicted octanol–water partition coefficient (Wildman–Crippen LogP) is 3.03. The van der Waals surface area contributed by atoms with E-state index in [4.69, 9.17) is 0 Å². The Kier molecular flexibility index (Phi) is 7.19. The number of piperidine rings is 1. The molecule has 1 unspecified atom stereocenters. The number of anilines is 4. The van der Waals surface area contributed by atoms with Crippen LogP contribution in [0, 0.1) is 5.82 Å². The second-order valence-corrected chi connectivity index (χ2v) is 9.35. The van der Waals surface area contributed by atoms with Crippen molar-refractivity contribution in [2.75, 3.05) is 36.8 Å². The number of nitrogens with zero attached hydrogens (tertiary/aromatic N) is 7. The van der Waals surface area contributed by atoms with E-state index in [-0.39, 0.29) is 18.5 Å². The standard InChI is InChI=1S/C24H29F3N10O/c1-35-14-16(12-30-35)31-23-29-13-17-20(34-36(2)21(17)33-23)32-19-11-15(3-4-18(19)25)22(38)28-7-10-37-8-5-24(26,27)6-9-37/h3-4,11-14,22,28,38H,5-10H2,1-2H3,(H,32,34)(H,29,31,33). The van der Waals surface area contributed by atoms with Crippen LogP contribution in [-0.2, 0) is 14.1 Å². The van der Waals surface area contributed by atoms with Gasteiger partial charge in [-0.3, -0.25) is 10.00 Å². The molecule has 1 aromatic carbocycles. The van der Waals surface area contributed by atoms with E-state index in [1.165, 1.54) is 18.2 Å². The van der Waals surface area contributed by atoms with Gasteiger partial charge in [0.2, 0.25) is 5.95 Å². The molecule has 11 nitrogen and oxygen atoms in total. The van der Waals surface area contributed by atoms with Crippen molar-refractivity contribution in [3.05, 3.63) is 48.2 Å². The van der Waals surface area contributed by atoms with Gasteiger partial charge in [-0.25, -0.2) is 22.8 Å². The Balaban J connectivity index is 1.24. The van der Waals surface area contributed by atoms with Crippen LogP contribution < -0.4 is 16.0 Å². The van der Waals surface area contributed by atoms with Crippen LogP contribution in [0.15, 0.2) is 36.8 Å². The molecule has 0 aliphatic carbocycles. The van der Waals surface area contributed by atoms with Crippen molar-refractivity contribution in [3.63, 3.8) is 0 Å². The highest BCUT2D eigenvalue weighted by atomic mass is 19.3. The molecule has 0 radical (unpaired) electrons. The lowest BCUT2D eigenvalue weighted by molar-refractivity contribution is -0.0552. The van der Waals surface area contributed by atoms with E-state index in [1.807, 2.05) is 4.90 Å². The second-order valence-electron chi connectivity index (χ2n) is 9.35. The number of hydrogen-bond donors (Lipinski definition) is 4. The Bertz CT molecular complexity index is 1410. The minimum absolute atomic E-state index is 0.124. The number of benzene rings is 1. The van der Waals surface area contributed by atoms with Crippen molar-refractivity contribution >= 4 is 34.2 Å². The number of halogens is 3. The summed E-state index contributed by atoms with van der Waals surface area (Å²) in [6.45, 7) is 1.55. The molecule has 14 heteroatoms. The molecule has 3 aromatic heterocycles. The highest BCUT2D eigenvalue weighted by molar-refractivity contribution is 5.89. The number of hydrogen-bond acceptors (Lipinski definition) is 9. The zero-order chi connectivity index (χ0) is 26.9. The van der Waals surface area contributed by atoms with Gasteiger partial charge in [-0.05, 0) is 17.7 Å². The summed E-state index contributed by atoms with van der Waals surface area (Å²) in [6, 6.07) is 4.23. The van der Waals surface area contributed by atoms with Gasteiger partial charge in [0.1, 0.15) is 12.0 Å². The molecule has 1 aliphatic heterocycles. The van der Waals surface area contributed by atoms with Crippen LogP contribution in [0.4, 0.5) is 36.3 Å². The number of aliphatic hydroxyl groups excluding tert-OH is 1. The number of rotatable bonds is 9. The van der Waals surface area contributed by atoms with E-state index in [2.05, 4.69) is 36.1 Å². The average Bonchev–Trinajstić information content (AvgIpc) is 3.43. The Morgan fingerprint density at radius 2 is 1.92 bits per heavy atom. The number of aliphatic hydroxyl groups is 1. The van der Waals surface area contributed by atoms with Gasteiger partial charge in [-0.2, -0.15) is 15.2 Å². The normalized spacial score (nSPS) is 16.6. The minimum Gasteiger partial charge on any atom is -0.374 e. The van der Waals surface area contributed by atoms with Crippen LogP contribution in [0.25, 0.3) is 11.0 Å². The van der Waals surface area contributed by atoms with E-state index >= 15 is 0 Å². The average molecular weight is 531 g/mol. The first-order valence-electron chi connectivity index (χ1n) is 12.2. The molecule has 38 heavy (non-hydrogen) atoms. The third-order valence-corrected chi connectivity index (χ3v) is 6.45. The van der Waals surface area contributed by atoms with Crippen LogP contribution >= 0.6 is 0 Å². The minimum atomic E-state index is -2.59. The summed E-state index contributed by atoms with van der Waals surface area (Å²) in [7, 11) is 3.52. The molecule has 0 bridgehead atoms. The number of fused-ring (bicyclic) bond motifs is 1. The molecule has 5 rings (SSSR count). The molecule has 1 fully saturated rings. The number of aryl methyl sites for hydroxylation is 2. The SMILES string of the molecule is Cn1cc(Nc2ncc3c(Nc4cc(C(O)NCCN5CCC(F)(F)CC5)ccc4F)nn(C)c3n2)cn1. The van der Waals surface area contributed by atoms with Gasteiger partial charge in [0.05, 0.1) is 23.0 Å². The predicted molar refractivity (Wildman–Crippen MR) is 136 cm³/mol. The van der Waals surface area contributed by atoms with E-state index in [0.29, 0.717) is 54.5 Å². The fraction of sp³-hybridized carbons (Fsp3) is 0.417. The maximum atomic E-state index is 14.7. The fourth-order valence-electron chi connectivity index (χ4n) is 4.32. The van der Waals surface area contributed by atoms with E-state index in [1.54, 1.807) is 42.0 Å². The Morgan fingerprint density at radius 3 is 2.66 bits per heavy atom. The highest BCUT2D eigenvalue weighted by Gasteiger charge is 2.33. The number of aromatic nitrogens is 6. The second kappa shape index (κ2) is 10.6. The molecule has 0 amide bonds. The molecule has 202 valence electrons. The quantitative estimate of drug-likeness (QED) is 0.242. The largest absolute Gasteiger partial charge is 0.374 e. The fourth-order valence-corrected chi connectivity index (χ4v) is 4.32. The monoisotopic (exact) mass is 530 g/mol. The molecule has 0 spiro atoms. The van der Waals surface area contributed by atoms with Gasteiger partial charge in [0.25, 0.3) is 5.92 Å². The van der Waals surface area contributed by atoms with Crippen molar-refractivity contribution in [1.29, 1.82) is 0 Å². The maximum Gasteiger partial charge on any atom is 0.250 e. The van der Waals surface area contributed by atoms with Crippen molar-refractivity contribution in [2.24, 2.45) is 14.1 Å². The molecule has 4 heterocycles. The maximum absolute atomic E-state index is 14.7. The van der Waals surface area contributed by atoms with E-state index < -0.39 is 18.0 Å². The molecule has 4 N–H and O–H groups in total. The van der Waals surface area contributed by atoms with E-state index in [0.717, 1.165) is 5.69 Å². The van der Waals surface area contributed by atoms with Crippen molar-refractivity contribution in [2.45, 2.75) is 25.0 Å². The van der Waals surface area contributed by atoms with Crippen LogP contribution in [0.1, 0.15) is 24.6 Å². The van der Waals surface area contributed by atoms with Gasteiger partial charge >= 0.3 is 0 Å². The molecule has 0 saturated carbocycles. The third-order valence-electron chi connectivity index (χ3n) is 6.45. The summed E-state index contributed by atoms with van der Waals surface area (Å²) >= 11 is 0. The Hall–Kier alpha value is -3.75.